The van der Waals surface area contributed by atoms with Gasteiger partial charge in [0, 0.05) is 55.8 Å². The molecule has 1 fully saturated rings. The zero-order valence-electron chi connectivity index (χ0n) is 18.0. The molecule has 0 aromatic carbocycles. The highest BCUT2D eigenvalue weighted by molar-refractivity contribution is 5.95. The van der Waals surface area contributed by atoms with E-state index in [1.807, 2.05) is 83.5 Å². The van der Waals surface area contributed by atoms with Crippen LogP contribution in [0, 0.1) is 20.8 Å². The summed E-state index contributed by atoms with van der Waals surface area (Å²) in [5.41, 5.74) is 3.75. The zero-order chi connectivity index (χ0) is 21.5. The lowest BCUT2D eigenvalue weighted by Crippen LogP contribution is -2.49. The summed E-state index contributed by atoms with van der Waals surface area (Å²) in [7, 11) is 0. The normalized spacial score (nSPS) is 14.4. The average Bonchev–Trinajstić information content (AvgIpc) is 3.35. The molecule has 1 amide bonds. The van der Waals surface area contributed by atoms with Crippen LogP contribution in [0.5, 0.6) is 0 Å². The van der Waals surface area contributed by atoms with E-state index in [9.17, 15) is 4.79 Å². The second-order valence-corrected chi connectivity index (χ2v) is 8.01. The minimum Gasteiger partial charge on any atom is -0.353 e. The fourth-order valence-electron chi connectivity index (χ4n) is 4.16. The number of aryl methyl sites for hydroxylation is 3. The lowest BCUT2D eigenvalue weighted by Gasteiger charge is -2.35. The van der Waals surface area contributed by atoms with Crippen molar-refractivity contribution in [2.75, 3.05) is 31.1 Å². The summed E-state index contributed by atoms with van der Waals surface area (Å²) in [5.74, 6) is 2.42. The Balaban J connectivity index is 1.32. The van der Waals surface area contributed by atoms with Gasteiger partial charge in [0.25, 0.3) is 5.91 Å². The molecule has 0 bridgehead atoms. The number of anilines is 1. The fraction of sp³-hybridized carbons (Fsp3) is 0.304. The Morgan fingerprint density at radius 1 is 0.935 bits per heavy atom. The van der Waals surface area contributed by atoms with Gasteiger partial charge in [-0.15, -0.1) is 0 Å². The van der Waals surface area contributed by atoms with Crippen LogP contribution in [0.3, 0.4) is 0 Å². The number of amides is 1. The highest BCUT2D eigenvalue weighted by Gasteiger charge is 2.24. The van der Waals surface area contributed by atoms with Crippen LogP contribution in [0.4, 0.5) is 5.82 Å². The predicted octanol–water partition coefficient (Wildman–Crippen LogP) is 2.80. The number of piperazine rings is 1. The summed E-state index contributed by atoms with van der Waals surface area (Å²) < 4.78 is 3.83. The summed E-state index contributed by atoms with van der Waals surface area (Å²) in [5, 5.41) is 4.55. The number of aromatic nitrogens is 5. The Labute approximate surface area is 180 Å². The first-order valence-electron chi connectivity index (χ1n) is 10.5. The Bertz CT molecular complexity index is 1230. The molecule has 1 aliphatic rings. The molecule has 8 heteroatoms. The van der Waals surface area contributed by atoms with Crippen molar-refractivity contribution in [3.63, 3.8) is 0 Å². The van der Waals surface area contributed by atoms with Gasteiger partial charge in [0.2, 0.25) is 0 Å². The fourth-order valence-corrected chi connectivity index (χ4v) is 4.16. The van der Waals surface area contributed by atoms with E-state index in [1.165, 1.54) is 0 Å². The maximum absolute atomic E-state index is 13.0. The summed E-state index contributed by atoms with van der Waals surface area (Å²) in [4.78, 5) is 26.3. The Kier molecular flexibility index (Phi) is 4.69. The number of rotatable bonds is 3. The molecule has 4 aromatic heterocycles. The van der Waals surface area contributed by atoms with Gasteiger partial charge in [-0.3, -0.25) is 4.79 Å². The molecule has 0 N–H and O–H groups in total. The molecule has 0 saturated carbocycles. The largest absolute Gasteiger partial charge is 0.353 e. The molecule has 4 aromatic rings. The minimum absolute atomic E-state index is 0.0746. The number of fused-ring (bicyclic) bond motifs is 1. The summed E-state index contributed by atoms with van der Waals surface area (Å²) in [6.07, 6.45) is 3.86. The lowest BCUT2D eigenvalue weighted by molar-refractivity contribution is 0.0746. The van der Waals surface area contributed by atoms with E-state index in [-0.39, 0.29) is 5.91 Å². The number of pyridine rings is 1. The SMILES string of the molecule is Cc1cc(C)n(-c2cc(N3CCN(C(=O)c4cc5ccccn5c4)CC3)nc(C)n2)n1. The molecule has 8 nitrogen and oxygen atoms in total. The topological polar surface area (TPSA) is 71.6 Å². The average molecular weight is 416 g/mol. The van der Waals surface area contributed by atoms with Gasteiger partial charge in [0.1, 0.15) is 11.6 Å². The quantitative estimate of drug-likeness (QED) is 0.515. The van der Waals surface area contributed by atoms with Gasteiger partial charge in [-0.1, -0.05) is 6.07 Å². The maximum atomic E-state index is 13.0. The van der Waals surface area contributed by atoms with Crippen LogP contribution in [-0.4, -0.2) is 61.1 Å². The van der Waals surface area contributed by atoms with Crippen molar-refractivity contribution in [3.05, 3.63) is 71.6 Å². The van der Waals surface area contributed by atoms with Crippen molar-refractivity contribution in [1.29, 1.82) is 0 Å². The van der Waals surface area contributed by atoms with Crippen molar-refractivity contribution in [2.24, 2.45) is 0 Å². The van der Waals surface area contributed by atoms with Gasteiger partial charge < -0.3 is 14.2 Å². The second-order valence-electron chi connectivity index (χ2n) is 8.01. The van der Waals surface area contributed by atoms with E-state index in [0.29, 0.717) is 18.9 Å². The minimum atomic E-state index is 0.0746. The van der Waals surface area contributed by atoms with Crippen LogP contribution in [0.2, 0.25) is 0 Å². The smallest absolute Gasteiger partial charge is 0.255 e. The molecule has 1 saturated heterocycles. The van der Waals surface area contributed by atoms with E-state index < -0.39 is 0 Å². The van der Waals surface area contributed by atoms with Gasteiger partial charge in [-0.05, 0) is 45.0 Å². The van der Waals surface area contributed by atoms with E-state index in [2.05, 4.69) is 20.0 Å². The van der Waals surface area contributed by atoms with Crippen LogP contribution in [0.25, 0.3) is 11.3 Å². The van der Waals surface area contributed by atoms with Crippen LogP contribution in [0.1, 0.15) is 27.6 Å². The first-order chi connectivity index (χ1) is 15.0. The van der Waals surface area contributed by atoms with Crippen molar-refractivity contribution in [1.82, 2.24) is 29.0 Å². The van der Waals surface area contributed by atoms with E-state index in [1.54, 1.807) is 0 Å². The van der Waals surface area contributed by atoms with Gasteiger partial charge in [0.05, 0.1) is 11.3 Å². The monoisotopic (exact) mass is 415 g/mol. The second kappa shape index (κ2) is 7.54. The van der Waals surface area contributed by atoms with Crippen LogP contribution < -0.4 is 4.90 Å². The molecule has 0 radical (unpaired) electrons. The molecule has 5 rings (SSSR count). The molecular weight excluding hydrogens is 390 g/mol. The first-order valence-corrected chi connectivity index (χ1v) is 10.5. The van der Waals surface area contributed by atoms with Gasteiger partial charge >= 0.3 is 0 Å². The zero-order valence-corrected chi connectivity index (χ0v) is 18.0. The highest BCUT2D eigenvalue weighted by Crippen LogP contribution is 2.20. The highest BCUT2D eigenvalue weighted by atomic mass is 16.2. The Morgan fingerprint density at radius 2 is 1.71 bits per heavy atom. The van der Waals surface area contributed by atoms with E-state index in [0.717, 1.165) is 47.2 Å². The summed E-state index contributed by atoms with van der Waals surface area (Å²) in [6.45, 7) is 8.66. The van der Waals surface area contributed by atoms with Crippen molar-refractivity contribution in [3.8, 4) is 5.82 Å². The predicted molar refractivity (Wildman–Crippen MR) is 119 cm³/mol. The number of hydrogen-bond acceptors (Lipinski definition) is 5. The molecular formula is C23H25N7O. The number of carbonyl (C=O) groups is 1. The molecule has 158 valence electrons. The van der Waals surface area contributed by atoms with Crippen LogP contribution >= 0.6 is 0 Å². The van der Waals surface area contributed by atoms with Crippen LogP contribution in [-0.2, 0) is 0 Å². The molecule has 5 heterocycles. The molecule has 0 aliphatic carbocycles. The van der Waals surface area contributed by atoms with Crippen molar-refractivity contribution >= 4 is 17.2 Å². The van der Waals surface area contributed by atoms with Gasteiger partial charge in [0.15, 0.2) is 5.82 Å². The third-order valence-electron chi connectivity index (χ3n) is 5.68. The lowest BCUT2D eigenvalue weighted by atomic mass is 10.2. The van der Waals surface area contributed by atoms with Gasteiger partial charge in [-0.25, -0.2) is 14.6 Å². The number of carbonyl (C=O) groups excluding carboxylic acids is 1. The Hall–Kier alpha value is -3.68. The third kappa shape index (κ3) is 3.65. The first kappa shape index (κ1) is 19.3. The molecule has 1 aliphatic heterocycles. The molecule has 0 spiro atoms. The summed E-state index contributed by atoms with van der Waals surface area (Å²) >= 11 is 0. The standard InChI is InChI=1S/C23H25N7O/c1-16-12-17(2)30(26-16)22-14-21(24-18(3)25-22)27-8-10-28(11-9-27)23(31)19-13-20-6-4-5-7-29(20)15-19/h4-7,12-15H,8-11H2,1-3H3. The molecule has 31 heavy (non-hydrogen) atoms. The van der Waals surface area contributed by atoms with Crippen molar-refractivity contribution < 1.29 is 4.79 Å². The Morgan fingerprint density at radius 3 is 2.42 bits per heavy atom. The number of hydrogen-bond donors (Lipinski definition) is 0. The molecule has 0 unspecified atom stereocenters. The third-order valence-corrected chi connectivity index (χ3v) is 5.68. The molecule has 0 atom stereocenters. The summed E-state index contributed by atoms with van der Waals surface area (Å²) in [6, 6.07) is 11.9. The van der Waals surface area contributed by atoms with E-state index >= 15 is 0 Å². The maximum Gasteiger partial charge on any atom is 0.255 e. The van der Waals surface area contributed by atoms with E-state index in [4.69, 9.17) is 0 Å². The number of nitrogens with zero attached hydrogens (tertiary/aromatic N) is 7. The van der Waals surface area contributed by atoms with Gasteiger partial charge in [-0.2, -0.15) is 5.10 Å². The van der Waals surface area contributed by atoms with Crippen LogP contribution in [0.15, 0.2) is 48.8 Å². The van der Waals surface area contributed by atoms with Crippen molar-refractivity contribution in [2.45, 2.75) is 20.8 Å².